The summed E-state index contributed by atoms with van der Waals surface area (Å²) in [5.41, 5.74) is 1.42. The lowest BCUT2D eigenvalue weighted by Gasteiger charge is -2.22. The lowest BCUT2D eigenvalue weighted by molar-refractivity contribution is 0.268. The highest BCUT2D eigenvalue weighted by atomic mass is 32.1. The number of hydrogen-bond acceptors (Lipinski definition) is 4. The van der Waals surface area contributed by atoms with Crippen LogP contribution in [0.4, 0.5) is 4.39 Å². The van der Waals surface area contributed by atoms with Crippen LogP contribution < -0.4 is 5.32 Å². The Morgan fingerprint density at radius 3 is 3.20 bits per heavy atom. The molecule has 0 amide bonds. The third-order valence-corrected chi connectivity index (χ3v) is 5.61. The maximum atomic E-state index is 13.2. The van der Waals surface area contributed by atoms with E-state index in [2.05, 4.69) is 15.2 Å². The molecule has 106 valence electrons. The summed E-state index contributed by atoms with van der Waals surface area (Å²) in [6.45, 7) is 5.56. The second kappa shape index (κ2) is 4.76. The summed E-state index contributed by atoms with van der Waals surface area (Å²) in [6, 6.07) is 4.85. The summed E-state index contributed by atoms with van der Waals surface area (Å²) in [7, 11) is 0. The van der Waals surface area contributed by atoms with Crippen molar-refractivity contribution in [1.82, 2.24) is 15.2 Å². The molecule has 3 heterocycles. The highest BCUT2D eigenvalue weighted by Gasteiger charge is 2.40. The summed E-state index contributed by atoms with van der Waals surface area (Å²) in [5, 5.41) is 4.59. The SMILES string of the molecule is Fc1ccc2nc(CN3CCC4(CCNC4)C3)sc2c1. The van der Waals surface area contributed by atoms with Crippen molar-refractivity contribution in [3.63, 3.8) is 0 Å². The quantitative estimate of drug-likeness (QED) is 0.922. The van der Waals surface area contributed by atoms with Gasteiger partial charge in [-0.3, -0.25) is 4.90 Å². The summed E-state index contributed by atoms with van der Waals surface area (Å²) < 4.78 is 14.2. The fraction of sp³-hybridized carbons (Fsp3) is 0.533. The zero-order valence-electron chi connectivity index (χ0n) is 11.4. The molecular weight excluding hydrogens is 273 g/mol. The van der Waals surface area contributed by atoms with Gasteiger partial charge in [-0.1, -0.05) is 0 Å². The van der Waals surface area contributed by atoms with Gasteiger partial charge in [0.15, 0.2) is 0 Å². The number of thiazole rings is 1. The fourth-order valence-electron chi connectivity index (χ4n) is 3.51. The van der Waals surface area contributed by atoms with E-state index >= 15 is 0 Å². The Kier molecular flexibility index (Phi) is 3.02. The Morgan fingerprint density at radius 1 is 1.40 bits per heavy atom. The number of halogens is 1. The van der Waals surface area contributed by atoms with Crippen molar-refractivity contribution in [3.8, 4) is 0 Å². The molecule has 0 bridgehead atoms. The fourth-order valence-corrected chi connectivity index (χ4v) is 4.55. The molecule has 2 saturated heterocycles. The van der Waals surface area contributed by atoms with Crippen LogP contribution in [-0.2, 0) is 6.54 Å². The number of likely N-dealkylation sites (tertiary alicyclic amines) is 1. The van der Waals surface area contributed by atoms with Crippen molar-refractivity contribution < 1.29 is 4.39 Å². The second-order valence-corrected chi connectivity index (χ2v) is 7.22. The monoisotopic (exact) mass is 291 g/mol. The molecule has 1 aromatic carbocycles. The minimum Gasteiger partial charge on any atom is -0.316 e. The van der Waals surface area contributed by atoms with Crippen molar-refractivity contribution in [2.45, 2.75) is 19.4 Å². The van der Waals surface area contributed by atoms with Crippen LogP contribution in [0.3, 0.4) is 0 Å². The lowest BCUT2D eigenvalue weighted by atomic mass is 9.87. The molecule has 1 unspecified atom stereocenters. The van der Waals surface area contributed by atoms with Crippen LogP contribution in [0.15, 0.2) is 18.2 Å². The van der Waals surface area contributed by atoms with Gasteiger partial charge >= 0.3 is 0 Å². The Labute approximate surface area is 121 Å². The minimum atomic E-state index is -0.176. The first-order valence-corrected chi connectivity index (χ1v) is 8.02. The maximum absolute atomic E-state index is 13.2. The third kappa shape index (κ3) is 2.24. The Bertz CT molecular complexity index is 633. The van der Waals surface area contributed by atoms with E-state index in [-0.39, 0.29) is 5.82 Å². The molecule has 0 aliphatic carbocycles. The maximum Gasteiger partial charge on any atom is 0.124 e. The van der Waals surface area contributed by atoms with Crippen LogP contribution in [0.2, 0.25) is 0 Å². The van der Waals surface area contributed by atoms with E-state index in [1.54, 1.807) is 23.5 Å². The molecule has 2 aromatic rings. The number of rotatable bonds is 2. The molecule has 3 nitrogen and oxygen atoms in total. The Morgan fingerprint density at radius 2 is 2.35 bits per heavy atom. The van der Waals surface area contributed by atoms with Crippen LogP contribution in [0.5, 0.6) is 0 Å². The molecule has 5 heteroatoms. The summed E-state index contributed by atoms with van der Waals surface area (Å²) in [4.78, 5) is 7.13. The van der Waals surface area contributed by atoms with Gasteiger partial charge < -0.3 is 5.32 Å². The molecule has 4 rings (SSSR count). The Hall–Kier alpha value is -1.04. The number of nitrogens with one attached hydrogen (secondary N) is 1. The predicted molar refractivity (Wildman–Crippen MR) is 79.4 cm³/mol. The van der Waals surface area contributed by atoms with Gasteiger partial charge in [0, 0.05) is 13.1 Å². The van der Waals surface area contributed by atoms with Gasteiger partial charge in [0.1, 0.15) is 10.8 Å². The van der Waals surface area contributed by atoms with Crippen LogP contribution in [0.25, 0.3) is 10.2 Å². The predicted octanol–water partition coefficient (Wildman–Crippen LogP) is 2.62. The number of fused-ring (bicyclic) bond motifs is 1. The first-order chi connectivity index (χ1) is 9.72. The highest BCUT2D eigenvalue weighted by Crippen LogP contribution is 2.37. The first kappa shape index (κ1) is 12.7. The third-order valence-electron chi connectivity index (χ3n) is 4.60. The smallest absolute Gasteiger partial charge is 0.124 e. The highest BCUT2D eigenvalue weighted by molar-refractivity contribution is 7.18. The van der Waals surface area contributed by atoms with Crippen molar-refractivity contribution in [2.24, 2.45) is 5.41 Å². The molecule has 0 saturated carbocycles. The van der Waals surface area contributed by atoms with Crippen LogP contribution in [0.1, 0.15) is 17.8 Å². The number of aromatic nitrogens is 1. The van der Waals surface area contributed by atoms with E-state index in [0.717, 1.165) is 41.4 Å². The normalized spacial score (nSPS) is 27.1. The van der Waals surface area contributed by atoms with Gasteiger partial charge in [0.2, 0.25) is 0 Å². The van der Waals surface area contributed by atoms with Gasteiger partial charge in [0.05, 0.1) is 16.8 Å². The molecule has 1 aromatic heterocycles. The average Bonchev–Trinajstić information content (AvgIpc) is 3.12. The standard InChI is InChI=1S/C15H18FN3S/c16-11-1-2-12-13(7-11)20-14(18-12)8-19-6-4-15(10-19)3-5-17-9-15/h1-2,7,17H,3-6,8-10H2. The van der Waals surface area contributed by atoms with Crippen molar-refractivity contribution in [3.05, 3.63) is 29.0 Å². The van der Waals surface area contributed by atoms with Crippen molar-refractivity contribution in [1.29, 1.82) is 0 Å². The van der Waals surface area contributed by atoms with E-state index in [4.69, 9.17) is 0 Å². The van der Waals surface area contributed by atoms with Gasteiger partial charge in [0.25, 0.3) is 0 Å². The van der Waals surface area contributed by atoms with Crippen LogP contribution in [0, 0.1) is 11.2 Å². The van der Waals surface area contributed by atoms with Gasteiger partial charge in [-0.2, -0.15) is 0 Å². The van der Waals surface area contributed by atoms with E-state index < -0.39 is 0 Å². The zero-order chi connectivity index (χ0) is 13.6. The van der Waals surface area contributed by atoms with E-state index in [0.29, 0.717) is 5.41 Å². The average molecular weight is 291 g/mol. The first-order valence-electron chi connectivity index (χ1n) is 7.21. The number of hydrogen-bond donors (Lipinski definition) is 1. The van der Waals surface area contributed by atoms with Gasteiger partial charge in [-0.15, -0.1) is 11.3 Å². The topological polar surface area (TPSA) is 28.2 Å². The number of benzene rings is 1. The van der Waals surface area contributed by atoms with Crippen LogP contribution in [-0.4, -0.2) is 36.1 Å². The van der Waals surface area contributed by atoms with Gasteiger partial charge in [-0.25, -0.2) is 9.37 Å². The zero-order valence-corrected chi connectivity index (χ0v) is 12.2. The molecule has 2 aliphatic heterocycles. The van der Waals surface area contributed by atoms with Crippen molar-refractivity contribution in [2.75, 3.05) is 26.2 Å². The second-order valence-electron chi connectivity index (χ2n) is 6.11. The molecule has 0 radical (unpaired) electrons. The van der Waals surface area contributed by atoms with Crippen molar-refractivity contribution >= 4 is 21.6 Å². The van der Waals surface area contributed by atoms with E-state index in [1.165, 1.54) is 25.5 Å². The lowest BCUT2D eigenvalue weighted by Crippen LogP contribution is -2.28. The van der Waals surface area contributed by atoms with Crippen LogP contribution >= 0.6 is 11.3 Å². The number of nitrogens with zero attached hydrogens (tertiary/aromatic N) is 2. The molecule has 1 N–H and O–H groups in total. The minimum absolute atomic E-state index is 0.176. The molecule has 2 aliphatic rings. The van der Waals surface area contributed by atoms with Gasteiger partial charge in [-0.05, 0) is 49.5 Å². The Balaban J connectivity index is 1.50. The molecule has 2 fully saturated rings. The molecule has 1 spiro atoms. The molecule has 1 atom stereocenters. The summed E-state index contributed by atoms with van der Waals surface area (Å²) in [6.07, 6.45) is 2.59. The molecular formula is C15H18FN3S. The summed E-state index contributed by atoms with van der Waals surface area (Å²) >= 11 is 1.62. The molecule has 20 heavy (non-hydrogen) atoms. The van der Waals surface area contributed by atoms with E-state index in [9.17, 15) is 4.39 Å². The van der Waals surface area contributed by atoms with E-state index in [1.807, 2.05) is 0 Å². The largest absolute Gasteiger partial charge is 0.316 e. The summed E-state index contributed by atoms with van der Waals surface area (Å²) in [5.74, 6) is -0.176.